The molecule has 0 spiro atoms. The summed E-state index contributed by atoms with van der Waals surface area (Å²) in [4.78, 5) is 25.7. The van der Waals surface area contributed by atoms with Gasteiger partial charge in [-0.2, -0.15) is 0 Å². The molecule has 0 aliphatic carbocycles. The van der Waals surface area contributed by atoms with Crippen LogP contribution in [-0.2, 0) is 9.59 Å². The zero-order valence-electron chi connectivity index (χ0n) is 18.3. The van der Waals surface area contributed by atoms with Gasteiger partial charge in [-0.3, -0.25) is 9.59 Å². The number of para-hydroxylation sites is 4. The van der Waals surface area contributed by atoms with Gasteiger partial charge in [0.25, 0.3) is 11.8 Å². The molecular weight excluding hydrogens is 404 g/mol. The molecular formula is C26H28N2O4. The summed E-state index contributed by atoms with van der Waals surface area (Å²) < 4.78 is 11.6. The number of amides is 2. The van der Waals surface area contributed by atoms with E-state index in [-0.39, 0.29) is 11.8 Å². The maximum Gasteiger partial charge on any atom is 0.265 e. The molecule has 3 aromatic rings. The number of nitrogens with one attached hydrogen (secondary N) is 2. The largest absolute Gasteiger partial charge is 0.481 e. The van der Waals surface area contributed by atoms with Gasteiger partial charge >= 0.3 is 0 Å². The first-order chi connectivity index (χ1) is 15.6. The van der Waals surface area contributed by atoms with Crippen LogP contribution in [0.5, 0.6) is 11.5 Å². The molecule has 0 radical (unpaired) electrons. The Morgan fingerprint density at radius 3 is 1.31 bits per heavy atom. The fourth-order valence-electron chi connectivity index (χ4n) is 3.10. The standard InChI is InChI=1S/C26H28N2O4/c1-3-23(31-19-13-7-5-8-14-19)25(29)27-21-17-11-12-18-22(21)28-26(30)24(4-2)32-20-15-9-6-10-16-20/h5-18,23-24H,3-4H2,1-2H3,(H,27,29)(H,28,30)/t23-,24-/m1/s1. The van der Waals surface area contributed by atoms with Crippen LogP contribution in [-0.4, -0.2) is 24.0 Å². The molecule has 0 unspecified atom stereocenters. The highest BCUT2D eigenvalue weighted by atomic mass is 16.5. The third kappa shape index (κ3) is 6.35. The summed E-state index contributed by atoms with van der Waals surface area (Å²) in [5.41, 5.74) is 0.992. The van der Waals surface area contributed by atoms with E-state index in [4.69, 9.17) is 9.47 Å². The second kappa shape index (κ2) is 11.6. The van der Waals surface area contributed by atoms with E-state index < -0.39 is 12.2 Å². The van der Waals surface area contributed by atoms with Crippen molar-refractivity contribution in [1.29, 1.82) is 0 Å². The first-order valence-electron chi connectivity index (χ1n) is 10.7. The molecule has 6 heteroatoms. The zero-order valence-corrected chi connectivity index (χ0v) is 18.3. The molecule has 3 rings (SSSR count). The predicted octanol–water partition coefficient (Wildman–Crippen LogP) is 5.28. The van der Waals surface area contributed by atoms with Crippen LogP contribution in [0.4, 0.5) is 11.4 Å². The van der Waals surface area contributed by atoms with Crippen molar-refractivity contribution in [2.24, 2.45) is 0 Å². The lowest BCUT2D eigenvalue weighted by molar-refractivity contribution is -0.123. The topological polar surface area (TPSA) is 76.7 Å². The molecule has 166 valence electrons. The maximum atomic E-state index is 12.8. The van der Waals surface area contributed by atoms with E-state index in [9.17, 15) is 9.59 Å². The summed E-state index contributed by atoms with van der Waals surface area (Å²) >= 11 is 0. The van der Waals surface area contributed by atoms with Crippen LogP contribution in [0.25, 0.3) is 0 Å². The molecule has 0 aliphatic heterocycles. The van der Waals surface area contributed by atoms with E-state index in [1.165, 1.54) is 0 Å². The van der Waals surface area contributed by atoms with Gasteiger partial charge in [0.05, 0.1) is 11.4 Å². The summed E-state index contributed by atoms with van der Waals surface area (Å²) in [5, 5.41) is 5.75. The minimum atomic E-state index is -0.661. The first-order valence-corrected chi connectivity index (χ1v) is 10.7. The SMILES string of the molecule is CC[C@@H](Oc1ccccc1)C(=O)Nc1ccccc1NC(=O)[C@@H](CC)Oc1ccccc1. The quantitative estimate of drug-likeness (QED) is 0.457. The number of carbonyl (C=O) groups is 2. The molecule has 0 saturated heterocycles. The third-order valence-electron chi connectivity index (χ3n) is 4.81. The Morgan fingerprint density at radius 2 is 0.969 bits per heavy atom. The highest BCUT2D eigenvalue weighted by molar-refractivity contribution is 6.02. The molecule has 2 atom stereocenters. The lowest BCUT2D eigenvalue weighted by Gasteiger charge is -2.20. The third-order valence-corrected chi connectivity index (χ3v) is 4.81. The highest BCUT2D eigenvalue weighted by Crippen LogP contribution is 2.23. The zero-order chi connectivity index (χ0) is 22.8. The number of hydrogen-bond donors (Lipinski definition) is 2. The average Bonchev–Trinajstić information content (AvgIpc) is 2.83. The summed E-state index contributed by atoms with van der Waals surface area (Å²) in [6.45, 7) is 3.77. The summed E-state index contributed by atoms with van der Waals surface area (Å²) in [6.07, 6.45) is -0.326. The van der Waals surface area contributed by atoms with Crippen molar-refractivity contribution in [3.05, 3.63) is 84.9 Å². The van der Waals surface area contributed by atoms with Crippen molar-refractivity contribution in [3.63, 3.8) is 0 Å². The smallest absolute Gasteiger partial charge is 0.265 e. The lowest BCUT2D eigenvalue weighted by Crippen LogP contribution is -2.34. The highest BCUT2D eigenvalue weighted by Gasteiger charge is 2.22. The lowest BCUT2D eigenvalue weighted by atomic mass is 10.2. The van der Waals surface area contributed by atoms with Crippen LogP contribution in [0.2, 0.25) is 0 Å². The Bertz CT molecular complexity index is 926. The molecule has 32 heavy (non-hydrogen) atoms. The Balaban J connectivity index is 1.68. The van der Waals surface area contributed by atoms with Crippen LogP contribution < -0.4 is 20.1 Å². The normalized spacial score (nSPS) is 12.3. The average molecular weight is 433 g/mol. The van der Waals surface area contributed by atoms with Gasteiger partial charge in [-0.1, -0.05) is 62.4 Å². The second-order valence-electron chi connectivity index (χ2n) is 7.18. The van der Waals surface area contributed by atoms with Crippen molar-refractivity contribution in [1.82, 2.24) is 0 Å². The van der Waals surface area contributed by atoms with Gasteiger partial charge in [-0.25, -0.2) is 0 Å². The number of rotatable bonds is 10. The van der Waals surface area contributed by atoms with E-state index in [2.05, 4.69) is 10.6 Å². The molecule has 6 nitrogen and oxygen atoms in total. The minimum Gasteiger partial charge on any atom is -0.481 e. The van der Waals surface area contributed by atoms with Gasteiger partial charge in [-0.15, -0.1) is 0 Å². The fourth-order valence-corrected chi connectivity index (χ4v) is 3.10. The Morgan fingerprint density at radius 1 is 0.625 bits per heavy atom. The van der Waals surface area contributed by atoms with Crippen LogP contribution in [0.1, 0.15) is 26.7 Å². The van der Waals surface area contributed by atoms with Gasteiger partial charge in [0.1, 0.15) is 11.5 Å². The van der Waals surface area contributed by atoms with Gasteiger partial charge < -0.3 is 20.1 Å². The van der Waals surface area contributed by atoms with Gasteiger partial charge in [0.15, 0.2) is 12.2 Å². The van der Waals surface area contributed by atoms with Crippen molar-refractivity contribution in [2.75, 3.05) is 10.6 Å². The number of carbonyl (C=O) groups excluding carboxylic acids is 2. The van der Waals surface area contributed by atoms with Gasteiger partial charge in [0, 0.05) is 0 Å². The molecule has 0 saturated carbocycles. The Kier molecular flexibility index (Phi) is 8.26. The molecule has 2 amide bonds. The number of ether oxygens (including phenoxy) is 2. The van der Waals surface area contributed by atoms with Crippen molar-refractivity contribution in [3.8, 4) is 11.5 Å². The molecule has 3 aromatic carbocycles. The Hall–Kier alpha value is -3.80. The first kappa shape index (κ1) is 22.9. The van der Waals surface area contributed by atoms with Crippen molar-refractivity contribution >= 4 is 23.2 Å². The number of benzene rings is 3. The summed E-state index contributed by atoms with van der Waals surface area (Å²) in [6, 6.07) is 25.5. The molecule has 2 N–H and O–H groups in total. The van der Waals surface area contributed by atoms with Crippen LogP contribution in [0.3, 0.4) is 0 Å². The molecule has 0 fully saturated rings. The van der Waals surface area contributed by atoms with Crippen LogP contribution in [0, 0.1) is 0 Å². The van der Waals surface area contributed by atoms with Crippen molar-refractivity contribution in [2.45, 2.75) is 38.9 Å². The van der Waals surface area contributed by atoms with E-state index in [0.29, 0.717) is 35.7 Å². The number of hydrogen-bond acceptors (Lipinski definition) is 4. The van der Waals surface area contributed by atoms with Crippen molar-refractivity contribution < 1.29 is 19.1 Å². The summed E-state index contributed by atoms with van der Waals surface area (Å²) in [5.74, 6) is 0.677. The predicted molar refractivity (Wildman–Crippen MR) is 126 cm³/mol. The van der Waals surface area contributed by atoms with E-state index in [0.717, 1.165) is 0 Å². The molecule has 0 aromatic heterocycles. The molecule has 0 heterocycles. The van der Waals surface area contributed by atoms with E-state index in [1.54, 1.807) is 24.3 Å². The van der Waals surface area contributed by atoms with E-state index in [1.807, 2.05) is 74.5 Å². The maximum absolute atomic E-state index is 12.8. The van der Waals surface area contributed by atoms with Crippen LogP contribution in [0.15, 0.2) is 84.9 Å². The van der Waals surface area contributed by atoms with Gasteiger partial charge in [-0.05, 0) is 49.2 Å². The molecule has 0 bridgehead atoms. The molecule has 0 aliphatic rings. The van der Waals surface area contributed by atoms with Crippen LogP contribution >= 0.6 is 0 Å². The minimum absolute atomic E-state index is 0.286. The summed E-state index contributed by atoms with van der Waals surface area (Å²) in [7, 11) is 0. The van der Waals surface area contributed by atoms with E-state index >= 15 is 0 Å². The number of anilines is 2. The van der Waals surface area contributed by atoms with Gasteiger partial charge in [0.2, 0.25) is 0 Å². The second-order valence-corrected chi connectivity index (χ2v) is 7.18. The Labute approximate surface area is 188 Å². The monoisotopic (exact) mass is 432 g/mol. The fraction of sp³-hybridized carbons (Fsp3) is 0.231.